The van der Waals surface area contributed by atoms with Crippen LogP contribution in [-0.4, -0.2) is 73.8 Å². The van der Waals surface area contributed by atoms with Gasteiger partial charge < -0.3 is 27.9 Å². The molecular formula is C31H62O6Si2. The number of aldehydes is 1. The van der Waals surface area contributed by atoms with Gasteiger partial charge in [-0.05, 0) is 67.5 Å². The van der Waals surface area contributed by atoms with E-state index < -0.39 is 16.6 Å². The van der Waals surface area contributed by atoms with Crippen molar-refractivity contribution >= 4 is 22.9 Å². The summed E-state index contributed by atoms with van der Waals surface area (Å²) < 4.78 is 32.2. The Labute approximate surface area is 243 Å². The molecule has 0 aromatic rings. The Morgan fingerprint density at radius 1 is 1.05 bits per heavy atom. The monoisotopic (exact) mass is 586 g/mol. The van der Waals surface area contributed by atoms with E-state index in [1.165, 1.54) is 0 Å². The minimum atomic E-state index is -2.03. The first-order valence-corrected chi connectivity index (χ1v) is 20.8. The molecule has 0 N–H and O–H groups in total. The zero-order chi connectivity index (χ0) is 30.2. The van der Waals surface area contributed by atoms with Crippen molar-refractivity contribution in [3.63, 3.8) is 0 Å². The van der Waals surface area contributed by atoms with Crippen LogP contribution in [0.2, 0.25) is 36.3 Å². The molecule has 0 radical (unpaired) electrons. The van der Waals surface area contributed by atoms with E-state index in [4.69, 9.17) is 23.1 Å². The molecule has 8 heteroatoms. The van der Waals surface area contributed by atoms with Crippen molar-refractivity contribution in [1.29, 1.82) is 0 Å². The van der Waals surface area contributed by atoms with Crippen LogP contribution in [0.3, 0.4) is 0 Å². The fourth-order valence-electron chi connectivity index (χ4n) is 4.33. The molecule has 1 fully saturated rings. The quantitative estimate of drug-likeness (QED) is 0.104. The van der Waals surface area contributed by atoms with Crippen molar-refractivity contribution in [3.8, 4) is 0 Å². The number of carbonyl (C=O) groups is 1. The summed E-state index contributed by atoms with van der Waals surface area (Å²) >= 11 is 0. The molecule has 39 heavy (non-hydrogen) atoms. The summed E-state index contributed by atoms with van der Waals surface area (Å²) in [5.74, 6) is 0.379. The second-order valence-corrected chi connectivity index (χ2v) is 24.2. The van der Waals surface area contributed by atoms with Gasteiger partial charge in [-0.2, -0.15) is 0 Å². The summed E-state index contributed by atoms with van der Waals surface area (Å²) in [5.41, 5.74) is 1.12. The number of hydrogen-bond acceptors (Lipinski definition) is 6. The molecule has 1 saturated heterocycles. The van der Waals surface area contributed by atoms with Gasteiger partial charge in [0.1, 0.15) is 6.29 Å². The Morgan fingerprint density at radius 2 is 1.64 bits per heavy atom. The third-order valence-electron chi connectivity index (χ3n) is 9.43. The fraction of sp³-hybridized carbons (Fsp3) is 0.903. The predicted molar refractivity (Wildman–Crippen MR) is 168 cm³/mol. The summed E-state index contributed by atoms with van der Waals surface area (Å²) in [6, 6.07) is 0. The van der Waals surface area contributed by atoms with E-state index in [-0.39, 0.29) is 40.6 Å². The van der Waals surface area contributed by atoms with Gasteiger partial charge in [-0.3, -0.25) is 0 Å². The van der Waals surface area contributed by atoms with E-state index in [2.05, 4.69) is 88.2 Å². The molecule has 0 bridgehead atoms. The number of hydrogen-bond donors (Lipinski definition) is 0. The van der Waals surface area contributed by atoms with Crippen molar-refractivity contribution in [2.24, 2.45) is 5.92 Å². The topological polar surface area (TPSA) is 63.2 Å². The molecule has 1 aliphatic heterocycles. The zero-order valence-electron chi connectivity index (χ0n) is 27.6. The van der Waals surface area contributed by atoms with E-state index in [1.54, 1.807) is 7.11 Å². The van der Waals surface area contributed by atoms with Crippen LogP contribution in [0.25, 0.3) is 0 Å². The van der Waals surface area contributed by atoms with E-state index in [0.717, 1.165) is 31.1 Å². The predicted octanol–water partition coefficient (Wildman–Crippen LogP) is 7.93. The lowest BCUT2D eigenvalue weighted by atomic mass is 9.86. The molecule has 6 atom stereocenters. The first-order valence-electron chi connectivity index (χ1n) is 15.0. The molecule has 0 amide bonds. The Morgan fingerprint density at radius 3 is 2.15 bits per heavy atom. The van der Waals surface area contributed by atoms with Gasteiger partial charge in [0.25, 0.3) is 0 Å². The second kappa shape index (κ2) is 15.2. The molecule has 0 saturated carbocycles. The normalized spacial score (nSPS) is 23.9. The average Bonchev–Trinajstić information content (AvgIpc) is 2.81. The molecular weight excluding hydrogens is 525 g/mol. The minimum Gasteiger partial charge on any atom is -0.414 e. The summed E-state index contributed by atoms with van der Waals surface area (Å²) in [5, 5.41) is 0.231. The van der Waals surface area contributed by atoms with Crippen molar-refractivity contribution in [3.05, 3.63) is 12.2 Å². The molecule has 4 unspecified atom stereocenters. The van der Waals surface area contributed by atoms with Crippen LogP contribution in [-0.2, 0) is 27.9 Å². The van der Waals surface area contributed by atoms with Crippen LogP contribution in [0.4, 0.5) is 0 Å². The molecule has 0 aromatic carbocycles. The first-order chi connectivity index (χ1) is 17.8. The lowest BCUT2D eigenvalue weighted by molar-refractivity contribution is -0.110. The van der Waals surface area contributed by atoms with Crippen molar-refractivity contribution < 1.29 is 27.9 Å². The minimum absolute atomic E-state index is 0.0508. The Balaban J connectivity index is 2.99. The van der Waals surface area contributed by atoms with Crippen LogP contribution in [0.15, 0.2) is 12.2 Å². The lowest BCUT2D eigenvalue weighted by Gasteiger charge is -2.42. The van der Waals surface area contributed by atoms with Gasteiger partial charge in [-0.1, -0.05) is 55.0 Å². The zero-order valence-corrected chi connectivity index (χ0v) is 29.6. The number of methoxy groups -OCH3 is 1. The molecule has 1 heterocycles. The van der Waals surface area contributed by atoms with Gasteiger partial charge >= 0.3 is 0 Å². The van der Waals surface area contributed by atoms with Gasteiger partial charge in [0.15, 0.2) is 16.6 Å². The van der Waals surface area contributed by atoms with Crippen molar-refractivity contribution in [1.82, 2.24) is 0 Å². The van der Waals surface area contributed by atoms with Crippen molar-refractivity contribution in [2.45, 2.75) is 154 Å². The summed E-state index contributed by atoms with van der Waals surface area (Å²) in [4.78, 5) is 10.9. The van der Waals surface area contributed by atoms with Gasteiger partial charge in [-0.25, -0.2) is 0 Å². The summed E-state index contributed by atoms with van der Waals surface area (Å²) in [6.45, 7) is 32.5. The fourth-order valence-corrected chi connectivity index (χ4v) is 6.71. The largest absolute Gasteiger partial charge is 0.414 e. The number of ether oxygens (including phenoxy) is 3. The van der Waals surface area contributed by atoms with E-state index in [9.17, 15) is 4.79 Å². The highest BCUT2D eigenvalue weighted by atomic mass is 28.4. The average molecular weight is 587 g/mol. The molecule has 0 aromatic heterocycles. The lowest BCUT2D eigenvalue weighted by Crippen LogP contribution is -2.49. The number of carbonyl (C=O) groups excluding carboxylic acids is 1. The number of rotatable bonds is 16. The van der Waals surface area contributed by atoms with Crippen LogP contribution >= 0.6 is 0 Å². The van der Waals surface area contributed by atoms with Crippen LogP contribution in [0.5, 0.6) is 0 Å². The standard InChI is InChI=1S/C31H62O6Si2/c1-23-20-26(16-15-18-32)36-28(24(23)2)17-19-34-29(25(3)33-10)21-27(37-39(13,14)31(7,8)9)22-35-38(11,12)30(4,5)6/h18,23,25-29H,2,15-17,19-22H2,1,3-14H3/t23?,25-,26?,27?,28?,29-/m1/s1. The molecule has 1 aliphatic rings. The van der Waals surface area contributed by atoms with E-state index >= 15 is 0 Å². The maximum atomic E-state index is 10.9. The van der Waals surface area contributed by atoms with Gasteiger partial charge in [0.05, 0.1) is 37.1 Å². The maximum Gasteiger partial charge on any atom is 0.192 e. The third-order valence-corrected chi connectivity index (χ3v) is 18.5. The first kappa shape index (κ1) is 36.7. The highest BCUT2D eigenvalue weighted by molar-refractivity contribution is 6.74. The highest BCUT2D eigenvalue weighted by Gasteiger charge is 2.42. The van der Waals surface area contributed by atoms with Gasteiger partial charge in [-0.15, -0.1) is 0 Å². The van der Waals surface area contributed by atoms with Gasteiger partial charge in [0.2, 0.25) is 0 Å². The van der Waals surface area contributed by atoms with Crippen LogP contribution in [0, 0.1) is 5.92 Å². The maximum absolute atomic E-state index is 10.9. The third kappa shape index (κ3) is 11.4. The van der Waals surface area contributed by atoms with Crippen LogP contribution < -0.4 is 0 Å². The Hall–Kier alpha value is -0.356. The van der Waals surface area contributed by atoms with E-state index in [1.807, 2.05) is 0 Å². The molecule has 6 nitrogen and oxygen atoms in total. The Kier molecular flexibility index (Phi) is 14.3. The van der Waals surface area contributed by atoms with Gasteiger partial charge in [0, 0.05) is 33.0 Å². The smallest absolute Gasteiger partial charge is 0.192 e. The summed E-state index contributed by atoms with van der Waals surface area (Å²) in [6.07, 6.45) is 4.41. The van der Waals surface area contributed by atoms with E-state index in [0.29, 0.717) is 32.0 Å². The Bertz CT molecular complexity index is 755. The summed E-state index contributed by atoms with van der Waals surface area (Å²) in [7, 11) is -2.23. The molecule has 0 aliphatic carbocycles. The molecule has 0 spiro atoms. The molecule has 1 rings (SSSR count). The highest BCUT2D eigenvalue weighted by Crippen LogP contribution is 2.40. The second-order valence-electron chi connectivity index (χ2n) is 14.6. The SMILES string of the molecule is C=C1C(C)CC(CCC=O)OC1CCO[C@H](CC(CO[Si](C)(C)C(C)(C)C)O[Si](C)(C)C(C)(C)C)[C@@H](C)OC. The van der Waals surface area contributed by atoms with Crippen molar-refractivity contribution in [2.75, 3.05) is 20.3 Å². The van der Waals surface area contributed by atoms with Crippen LogP contribution in [0.1, 0.15) is 87.5 Å². The molecule has 230 valence electrons.